The zero-order valence-corrected chi connectivity index (χ0v) is 17.7. The summed E-state index contributed by atoms with van der Waals surface area (Å²) in [6, 6.07) is 16.8. The Kier molecular flexibility index (Phi) is 8.71. The summed E-state index contributed by atoms with van der Waals surface area (Å²) in [5, 5.41) is 4.50. The van der Waals surface area contributed by atoms with Crippen LogP contribution in [0.4, 0.5) is 0 Å². The van der Waals surface area contributed by atoms with Gasteiger partial charge in [0.2, 0.25) is 0 Å². The Hall–Kier alpha value is -0.970. The van der Waals surface area contributed by atoms with Crippen molar-refractivity contribution in [3.05, 3.63) is 64.7 Å². The molecule has 1 atom stereocenters. The van der Waals surface area contributed by atoms with Crippen molar-refractivity contribution in [2.24, 2.45) is 5.92 Å². The molecule has 2 aromatic carbocycles. The van der Waals surface area contributed by atoms with E-state index in [4.69, 9.17) is 16.3 Å². The van der Waals surface area contributed by atoms with Crippen LogP contribution in [0.2, 0.25) is 5.02 Å². The van der Waals surface area contributed by atoms with Crippen molar-refractivity contribution in [1.29, 1.82) is 0 Å². The minimum Gasteiger partial charge on any atom is -0.489 e. The highest BCUT2D eigenvalue weighted by Gasteiger charge is 2.33. The number of nitrogens with zero attached hydrogens (tertiary/aromatic N) is 1. The number of ether oxygens (including phenoxy) is 1. The van der Waals surface area contributed by atoms with Gasteiger partial charge in [-0.3, -0.25) is 0 Å². The maximum absolute atomic E-state index is 6.17. The summed E-state index contributed by atoms with van der Waals surface area (Å²) in [5.74, 6) is 1.75. The number of piperidine rings is 3. The van der Waals surface area contributed by atoms with E-state index in [0.717, 1.165) is 28.8 Å². The second kappa shape index (κ2) is 10.5. The van der Waals surface area contributed by atoms with Gasteiger partial charge in [0.1, 0.15) is 12.4 Å². The predicted octanol–water partition coefficient (Wildman–Crippen LogP) is 4.95. The van der Waals surface area contributed by atoms with Gasteiger partial charge in [0.25, 0.3) is 0 Å². The summed E-state index contributed by atoms with van der Waals surface area (Å²) in [6.07, 6.45) is 2.71. The first kappa shape index (κ1) is 22.3. The number of hydrogen-bond acceptors (Lipinski definition) is 3. The normalized spacial score (nSPS) is 23.2. The molecule has 0 spiro atoms. The topological polar surface area (TPSA) is 24.5 Å². The van der Waals surface area contributed by atoms with Crippen LogP contribution in [0.3, 0.4) is 0 Å². The van der Waals surface area contributed by atoms with Crippen molar-refractivity contribution in [2.45, 2.75) is 32.0 Å². The third kappa shape index (κ3) is 5.75. The summed E-state index contributed by atoms with van der Waals surface area (Å²) in [7, 11) is 0. The van der Waals surface area contributed by atoms with Crippen LogP contribution in [0.25, 0.3) is 0 Å². The van der Waals surface area contributed by atoms with Crippen molar-refractivity contribution in [1.82, 2.24) is 10.2 Å². The van der Waals surface area contributed by atoms with Crippen LogP contribution in [0.15, 0.2) is 48.5 Å². The van der Waals surface area contributed by atoms with Crippen molar-refractivity contribution in [3.8, 4) is 5.75 Å². The van der Waals surface area contributed by atoms with Crippen LogP contribution in [0, 0.1) is 5.92 Å². The third-order valence-electron chi connectivity index (χ3n) is 5.50. The lowest BCUT2D eigenvalue weighted by molar-refractivity contribution is 0.0720. The average Bonchev–Trinajstić information content (AvgIpc) is 2.67. The second-order valence-corrected chi connectivity index (χ2v) is 7.56. The minimum atomic E-state index is 0. The summed E-state index contributed by atoms with van der Waals surface area (Å²) >= 11 is 6.17. The van der Waals surface area contributed by atoms with Gasteiger partial charge >= 0.3 is 0 Å². The fraction of sp³-hybridized carbons (Fsp3) is 0.429. The molecule has 3 heterocycles. The van der Waals surface area contributed by atoms with Gasteiger partial charge in [-0.05, 0) is 55.6 Å². The maximum Gasteiger partial charge on any atom is 0.119 e. The van der Waals surface area contributed by atoms with E-state index in [1.54, 1.807) is 0 Å². The first-order valence-corrected chi connectivity index (χ1v) is 9.56. The highest BCUT2D eigenvalue weighted by molar-refractivity contribution is 6.31. The van der Waals surface area contributed by atoms with E-state index in [-0.39, 0.29) is 24.8 Å². The molecule has 148 valence electrons. The van der Waals surface area contributed by atoms with Crippen LogP contribution < -0.4 is 10.1 Å². The number of rotatable bonds is 6. The van der Waals surface area contributed by atoms with Gasteiger partial charge in [0.15, 0.2) is 0 Å². The van der Waals surface area contributed by atoms with Crippen LogP contribution >= 0.6 is 36.4 Å². The molecular formula is C21H27Cl3N2O. The van der Waals surface area contributed by atoms with Gasteiger partial charge < -0.3 is 15.0 Å². The van der Waals surface area contributed by atoms with Crippen LogP contribution in [0.1, 0.15) is 24.0 Å². The lowest BCUT2D eigenvalue weighted by Crippen LogP contribution is -2.55. The Morgan fingerprint density at radius 2 is 1.70 bits per heavy atom. The SMILES string of the molecule is Cl.Cl.Clc1ccccc1COc1ccc(CNC2CN3CCC2CC3)cc1. The van der Waals surface area contributed by atoms with Crippen molar-refractivity contribution in [3.63, 3.8) is 0 Å². The monoisotopic (exact) mass is 428 g/mol. The molecular weight excluding hydrogens is 403 g/mol. The van der Waals surface area contributed by atoms with Crippen LogP contribution in [-0.2, 0) is 13.2 Å². The number of fused-ring (bicyclic) bond motifs is 3. The maximum atomic E-state index is 6.17. The van der Waals surface area contributed by atoms with Crippen molar-refractivity contribution in [2.75, 3.05) is 19.6 Å². The molecule has 3 fully saturated rings. The van der Waals surface area contributed by atoms with Gasteiger partial charge in [-0.1, -0.05) is 41.9 Å². The van der Waals surface area contributed by atoms with Gasteiger partial charge in [-0.2, -0.15) is 0 Å². The quantitative estimate of drug-likeness (QED) is 0.703. The Morgan fingerprint density at radius 1 is 1.00 bits per heavy atom. The molecule has 3 aliphatic rings. The molecule has 0 aliphatic carbocycles. The molecule has 3 aliphatic heterocycles. The minimum absolute atomic E-state index is 0. The zero-order valence-electron chi connectivity index (χ0n) is 15.3. The lowest BCUT2D eigenvalue weighted by atomic mass is 9.84. The highest BCUT2D eigenvalue weighted by Crippen LogP contribution is 2.27. The molecule has 3 saturated heterocycles. The van der Waals surface area contributed by atoms with E-state index < -0.39 is 0 Å². The first-order valence-electron chi connectivity index (χ1n) is 9.19. The van der Waals surface area contributed by atoms with E-state index in [1.165, 1.54) is 38.0 Å². The third-order valence-corrected chi connectivity index (χ3v) is 5.87. The molecule has 27 heavy (non-hydrogen) atoms. The van der Waals surface area contributed by atoms with Gasteiger partial charge in [-0.25, -0.2) is 0 Å². The first-order chi connectivity index (χ1) is 12.3. The fourth-order valence-corrected chi connectivity index (χ4v) is 4.12. The number of hydrogen-bond donors (Lipinski definition) is 1. The molecule has 0 amide bonds. The zero-order chi connectivity index (χ0) is 17.1. The van der Waals surface area contributed by atoms with Gasteiger partial charge in [-0.15, -0.1) is 24.8 Å². The second-order valence-electron chi connectivity index (χ2n) is 7.15. The van der Waals surface area contributed by atoms with E-state index in [1.807, 2.05) is 36.4 Å². The molecule has 6 heteroatoms. The predicted molar refractivity (Wildman–Crippen MR) is 117 cm³/mol. The summed E-state index contributed by atoms with van der Waals surface area (Å²) < 4.78 is 5.85. The van der Waals surface area contributed by atoms with E-state index in [2.05, 4.69) is 22.3 Å². The molecule has 1 unspecified atom stereocenters. The molecule has 3 nitrogen and oxygen atoms in total. The van der Waals surface area contributed by atoms with Crippen LogP contribution in [0.5, 0.6) is 5.75 Å². The fourth-order valence-electron chi connectivity index (χ4n) is 3.93. The highest BCUT2D eigenvalue weighted by atomic mass is 35.5. The van der Waals surface area contributed by atoms with E-state index in [9.17, 15) is 0 Å². The molecule has 0 saturated carbocycles. The van der Waals surface area contributed by atoms with Crippen LogP contribution in [-0.4, -0.2) is 30.6 Å². The number of benzene rings is 2. The molecule has 5 rings (SSSR count). The standard InChI is InChI=1S/C21H25ClN2O.2ClH/c22-20-4-2-1-3-18(20)15-25-19-7-5-16(6-8-19)13-23-21-14-24-11-9-17(21)10-12-24;;/h1-8,17,21,23H,9-15H2;2*1H. The van der Waals surface area contributed by atoms with Gasteiger partial charge in [0, 0.05) is 29.7 Å². The van der Waals surface area contributed by atoms with Crippen molar-refractivity contribution < 1.29 is 4.74 Å². The summed E-state index contributed by atoms with van der Waals surface area (Å²) in [5.41, 5.74) is 2.32. The largest absolute Gasteiger partial charge is 0.489 e. The molecule has 0 aromatic heterocycles. The van der Waals surface area contributed by atoms with E-state index >= 15 is 0 Å². The summed E-state index contributed by atoms with van der Waals surface area (Å²) in [4.78, 5) is 2.59. The molecule has 2 aromatic rings. The Labute approximate surface area is 179 Å². The molecule has 1 N–H and O–H groups in total. The molecule has 2 bridgehead atoms. The number of halogens is 3. The Bertz CT molecular complexity index is 703. The van der Waals surface area contributed by atoms with Crippen molar-refractivity contribution >= 4 is 36.4 Å². The molecule has 0 radical (unpaired) electrons. The lowest BCUT2D eigenvalue weighted by Gasteiger charge is -2.45. The van der Waals surface area contributed by atoms with Gasteiger partial charge in [0.05, 0.1) is 0 Å². The Morgan fingerprint density at radius 3 is 2.33 bits per heavy atom. The van der Waals surface area contributed by atoms with E-state index in [0.29, 0.717) is 12.6 Å². The average molecular weight is 430 g/mol. The smallest absolute Gasteiger partial charge is 0.119 e. The Balaban J connectivity index is 0.00000131. The summed E-state index contributed by atoms with van der Waals surface area (Å²) in [6.45, 7) is 5.22. The number of nitrogens with one attached hydrogen (secondary N) is 1.